The highest BCUT2D eigenvalue weighted by atomic mass is 32.2. The van der Waals surface area contributed by atoms with Gasteiger partial charge in [0.1, 0.15) is 5.69 Å². The van der Waals surface area contributed by atoms with E-state index >= 15 is 0 Å². The third-order valence-corrected chi connectivity index (χ3v) is 4.27. The molecule has 0 saturated heterocycles. The van der Waals surface area contributed by atoms with E-state index in [4.69, 9.17) is 10.2 Å². The minimum Gasteiger partial charge on any atom is -0.477 e. The molecule has 104 valence electrons. The molecule has 0 radical (unpaired) electrons. The Labute approximate surface area is 119 Å². The van der Waals surface area contributed by atoms with Crippen molar-refractivity contribution in [3.8, 4) is 0 Å². The van der Waals surface area contributed by atoms with Crippen LogP contribution in [0.2, 0.25) is 0 Å². The summed E-state index contributed by atoms with van der Waals surface area (Å²) in [6, 6.07) is 9.12. The molecule has 0 aliphatic heterocycles. The van der Waals surface area contributed by atoms with Gasteiger partial charge in [-0.3, -0.25) is 0 Å². The first kappa shape index (κ1) is 14.5. The average Bonchev–Trinajstić information content (AvgIpc) is 2.38. The van der Waals surface area contributed by atoms with Crippen molar-refractivity contribution in [1.29, 1.82) is 0 Å². The third kappa shape index (κ3) is 3.56. The van der Waals surface area contributed by atoms with Gasteiger partial charge in [-0.2, -0.15) is 0 Å². The molecule has 2 rings (SSSR count). The predicted molar refractivity (Wildman–Crippen MR) is 73.1 cm³/mol. The smallest absolute Gasteiger partial charge is 0.354 e. The lowest BCUT2D eigenvalue weighted by Gasteiger charge is -2.03. The normalized spacial score (nSPS) is 11.2. The van der Waals surface area contributed by atoms with Crippen LogP contribution in [0.3, 0.4) is 0 Å². The number of aromatic carboxylic acids is 1. The van der Waals surface area contributed by atoms with E-state index in [1.165, 1.54) is 36.2 Å². The second-order valence-electron chi connectivity index (χ2n) is 3.80. The van der Waals surface area contributed by atoms with Crippen LogP contribution in [0.1, 0.15) is 10.5 Å². The van der Waals surface area contributed by atoms with E-state index in [0.717, 1.165) is 4.90 Å². The Balaban J connectivity index is 2.22. The molecule has 0 saturated carbocycles. The van der Waals surface area contributed by atoms with Crippen LogP contribution in [-0.4, -0.2) is 24.5 Å². The summed E-state index contributed by atoms with van der Waals surface area (Å²) in [5.41, 5.74) is -0.0452. The van der Waals surface area contributed by atoms with Gasteiger partial charge in [0.15, 0.2) is 0 Å². The third-order valence-electron chi connectivity index (χ3n) is 2.34. The van der Waals surface area contributed by atoms with Crippen molar-refractivity contribution in [3.05, 3.63) is 48.3 Å². The molecule has 20 heavy (non-hydrogen) atoms. The lowest BCUT2D eigenvalue weighted by molar-refractivity contribution is 0.0690. The van der Waals surface area contributed by atoms with Gasteiger partial charge in [0, 0.05) is 16.0 Å². The molecular weight excluding hydrogens is 300 g/mol. The molecule has 0 spiro atoms. The highest BCUT2D eigenvalue weighted by Crippen LogP contribution is 2.28. The minimum absolute atomic E-state index is 0.0304. The van der Waals surface area contributed by atoms with Gasteiger partial charge in [0.25, 0.3) is 0 Å². The summed E-state index contributed by atoms with van der Waals surface area (Å²) in [5.74, 6) is -1.10. The number of nitrogens with zero attached hydrogens (tertiary/aromatic N) is 1. The highest BCUT2D eigenvalue weighted by Gasteiger charge is 2.08. The summed E-state index contributed by atoms with van der Waals surface area (Å²) in [6.07, 6.45) is 1.41. The summed E-state index contributed by atoms with van der Waals surface area (Å²) in [7, 11) is -3.71. The first-order chi connectivity index (χ1) is 9.36. The molecule has 1 heterocycles. The number of nitrogens with two attached hydrogens (primary N) is 1. The van der Waals surface area contributed by atoms with Gasteiger partial charge in [-0.15, -0.1) is 0 Å². The topological polar surface area (TPSA) is 110 Å². The van der Waals surface area contributed by atoms with Gasteiger partial charge < -0.3 is 5.11 Å². The number of carboxylic acid groups (broad SMARTS) is 1. The van der Waals surface area contributed by atoms with Gasteiger partial charge in [0.2, 0.25) is 10.0 Å². The Bertz CT molecular complexity index is 742. The molecule has 0 amide bonds. The molecule has 8 heteroatoms. The van der Waals surface area contributed by atoms with Crippen LogP contribution >= 0.6 is 11.8 Å². The molecule has 0 unspecified atom stereocenters. The molecule has 2 aromatic rings. The molecule has 1 aromatic carbocycles. The molecule has 0 aliphatic rings. The van der Waals surface area contributed by atoms with E-state index in [9.17, 15) is 13.2 Å². The SMILES string of the molecule is NS(=O)(=O)c1ccc(Sc2ccnc(C(=O)O)c2)cc1. The van der Waals surface area contributed by atoms with E-state index in [0.29, 0.717) is 4.90 Å². The van der Waals surface area contributed by atoms with Crippen LogP contribution in [0.4, 0.5) is 0 Å². The fraction of sp³-hybridized carbons (Fsp3) is 0. The number of rotatable bonds is 4. The predicted octanol–water partition coefficient (Wildman–Crippen LogP) is 1.58. The van der Waals surface area contributed by atoms with Crippen molar-refractivity contribution in [1.82, 2.24) is 4.98 Å². The van der Waals surface area contributed by atoms with Crippen LogP contribution in [0.25, 0.3) is 0 Å². The number of sulfonamides is 1. The number of benzene rings is 1. The average molecular weight is 310 g/mol. The van der Waals surface area contributed by atoms with Crippen LogP contribution in [0.15, 0.2) is 57.3 Å². The van der Waals surface area contributed by atoms with Crippen LogP contribution in [0.5, 0.6) is 0 Å². The summed E-state index contributed by atoms with van der Waals surface area (Å²) in [5, 5.41) is 13.9. The first-order valence-corrected chi connectivity index (χ1v) is 7.72. The molecule has 0 atom stereocenters. The number of pyridine rings is 1. The van der Waals surface area contributed by atoms with Crippen molar-refractivity contribution in [2.75, 3.05) is 0 Å². The first-order valence-electron chi connectivity index (χ1n) is 5.36. The maximum atomic E-state index is 11.1. The van der Waals surface area contributed by atoms with Gasteiger partial charge in [-0.05, 0) is 36.4 Å². The van der Waals surface area contributed by atoms with Gasteiger partial charge >= 0.3 is 5.97 Å². The van der Waals surface area contributed by atoms with E-state index < -0.39 is 16.0 Å². The van der Waals surface area contributed by atoms with Crippen molar-refractivity contribution < 1.29 is 18.3 Å². The Kier molecular flexibility index (Phi) is 4.07. The fourth-order valence-electron chi connectivity index (χ4n) is 1.43. The fourth-order valence-corrected chi connectivity index (χ4v) is 2.78. The summed E-state index contributed by atoms with van der Waals surface area (Å²) in [6.45, 7) is 0. The van der Waals surface area contributed by atoms with E-state index in [-0.39, 0.29) is 10.6 Å². The lowest BCUT2D eigenvalue weighted by Crippen LogP contribution is -2.11. The van der Waals surface area contributed by atoms with E-state index in [1.807, 2.05) is 0 Å². The van der Waals surface area contributed by atoms with Crippen LogP contribution in [-0.2, 0) is 10.0 Å². The van der Waals surface area contributed by atoms with E-state index in [1.54, 1.807) is 18.2 Å². The minimum atomic E-state index is -3.71. The maximum absolute atomic E-state index is 11.1. The van der Waals surface area contributed by atoms with Crippen LogP contribution < -0.4 is 5.14 Å². The molecule has 1 aromatic heterocycles. The largest absolute Gasteiger partial charge is 0.477 e. The Hall–Kier alpha value is -1.90. The van der Waals surface area contributed by atoms with Crippen molar-refractivity contribution >= 4 is 27.8 Å². The monoisotopic (exact) mass is 310 g/mol. The molecule has 0 bridgehead atoms. The number of hydrogen-bond acceptors (Lipinski definition) is 5. The standard InChI is InChI=1S/C12H10N2O4S2/c13-20(17,18)10-3-1-8(2-4-10)19-9-5-6-14-11(7-9)12(15)16/h1-7H,(H,15,16)(H2,13,17,18). The number of hydrogen-bond donors (Lipinski definition) is 2. The lowest BCUT2D eigenvalue weighted by atomic mass is 10.3. The molecule has 0 aliphatic carbocycles. The quantitative estimate of drug-likeness (QED) is 0.887. The zero-order valence-electron chi connectivity index (χ0n) is 10.1. The zero-order valence-corrected chi connectivity index (χ0v) is 11.7. The number of primary sulfonamides is 1. The van der Waals surface area contributed by atoms with E-state index in [2.05, 4.69) is 4.98 Å². The summed E-state index contributed by atoms with van der Waals surface area (Å²) in [4.78, 5) is 16.0. The maximum Gasteiger partial charge on any atom is 0.354 e. The van der Waals surface area contributed by atoms with Crippen molar-refractivity contribution in [2.24, 2.45) is 5.14 Å². The van der Waals surface area contributed by atoms with Crippen LogP contribution in [0, 0.1) is 0 Å². The highest BCUT2D eigenvalue weighted by molar-refractivity contribution is 7.99. The molecule has 0 fully saturated rings. The second-order valence-corrected chi connectivity index (χ2v) is 6.51. The Morgan fingerprint density at radius 2 is 1.80 bits per heavy atom. The number of carbonyl (C=O) groups is 1. The molecule has 3 N–H and O–H groups in total. The van der Waals surface area contributed by atoms with Crippen molar-refractivity contribution in [2.45, 2.75) is 14.7 Å². The van der Waals surface area contributed by atoms with Gasteiger partial charge in [-0.25, -0.2) is 23.3 Å². The number of aromatic nitrogens is 1. The summed E-state index contributed by atoms with van der Waals surface area (Å²) >= 11 is 1.30. The van der Waals surface area contributed by atoms with Gasteiger partial charge in [-0.1, -0.05) is 11.8 Å². The molecule has 6 nitrogen and oxygen atoms in total. The zero-order chi connectivity index (χ0) is 14.8. The van der Waals surface area contributed by atoms with Crippen molar-refractivity contribution in [3.63, 3.8) is 0 Å². The Morgan fingerprint density at radius 1 is 1.15 bits per heavy atom. The Morgan fingerprint density at radius 3 is 2.35 bits per heavy atom. The molecular formula is C12H10N2O4S2. The number of carboxylic acids is 1. The summed E-state index contributed by atoms with van der Waals surface area (Å²) < 4.78 is 22.2. The van der Waals surface area contributed by atoms with Gasteiger partial charge in [0.05, 0.1) is 4.90 Å². The second kappa shape index (κ2) is 5.61.